The second-order valence-electron chi connectivity index (χ2n) is 4.75. The molecule has 1 atom stereocenters. The van der Waals surface area contributed by atoms with Gasteiger partial charge in [-0.15, -0.1) is 24.8 Å². The van der Waals surface area contributed by atoms with E-state index in [0.29, 0.717) is 17.9 Å². The van der Waals surface area contributed by atoms with Gasteiger partial charge in [-0.05, 0) is 29.7 Å². The number of hydrogen-bond acceptors (Lipinski definition) is 6. The van der Waals surface area contributed by atoms with Gasteiger partial charge in [0.2, 0.25) is 5.88 Å². The van der Waals surface area contributed by atoms with Gasteiger partial charge in [-0.1, -0.05) is 29.3 Å². The van der Waals surface area contributed by atoms with Crippen LogP contribution in [-0.4, -0.2) is 29.1 Å². The van der Waals surface area contributed by atoms with E-state index in [-0.39, 0.29) is 41.7 Å². The molecule has 2 N–H and O–H groups in total. The Morgan fingerprint density at radius 2 is 1.84 bits per heavy atom. The third-order valence-electron chi connectivity index (χ3n) is 2.97. The quantitative estimate of drug-likeness (QED) is 0.561. The highest BCUT2D eigenvalue weighted by molar-refractivity contribution is 6.32. The highest BCUT2D eigenvalue weighted by Gasteiger charge is 2.16. The Bertz CT molecular complexity index is 666. The molecule has 0 amide bonds. The van der Waals surface area contributed by atoms with Crippen LogP contribution >= 0.6 is 48.0 Å². The van der Waals surface area contributed by atoms with Gasteiger partial charge in [0.25, 0.3) is 0 Å². The van der Waals surface area contributed by atoms with E-state index in [1.165, 1.54) is 7.11 Å². The van der Waals surface area contributed by atoms with E-state index in [2.05, 4.69) is 9.97 Å². The van der Waals surface area contributed by atoms with Crippen LogP contribution in [0.2, 0.25) is 10.3 Å². The van der Waals surface area contributed by atoms with Crippen LogP contribution in [-0.2, 0) is 22.6 Å². The topological polar surface area (TPSA) is 87.3 Å². The SMILES string of the molecule is COc1ccc(C[C@H](N)C(=O)OCc2cc(Cl)nc(Cl)c2)cn1.Cl.Cl. The summed E-state index contributed by atoms with van der Waals surface area (Å²) in [7, 11) is 1.53. The van der Waals surface area contributed by atoms with Gasteiger partial charge >= 0.3 is 5.97 Å². The zero-order valence-corrected chi connectivity index (χ0v) is 16.3. The van der Waals surface area contributed by atoms with E-state index < -0.39 is 12.0 Å². The molecule has 0 unspecified atom stereocenters. The van der Waals surface area contributed by atoms with Gasteiger partial charge in [-0.3, -0.25) is 4.79 Å². The monoisotopic (exact) mass is 427 g/mol. The smallest absolute Gasteiger partial charge is 0.323 e. The van der Waals surface area contributed by atoms with Gasteiger partial charge in [0.05, 0.1) is 7.11 Å². The molecule has 2 aromatic rings. The summed E-state index contributed by atoms with van der Waals surface area (Å²) in [6.07, 6.45) is 1.92. The standard InChI is InChI=1S/C15H15Cl2N3O3.2ClH/c1-22-14-3-2-9(7-19-14)4-11(18)15(21)23-8-10-5-12(16)20-13(17)6-10;;/h2-3,5-7,11H,4,8,18H2,1H3;2*1H/t11-;;/m0../s1. The van der Waals surface area contributed by atoms with E-state index >= 15 is 0 Å². The molecule has 6 nitrogen and oxygen atoms in total. The number of aromatic nitrogens is 2. The Labute approximate surface area is 167 Å². The van der Waals surface area contributed by atoms with E-state index in [4.69, 9.17) is 38.4 Å². The van der Waals surface area contributed by atoms with Crippen molar-refractivity contribution in [3.05, 3.63) is 51.9 Å². The summed E-state index contributed by atoms with van der Waals surface area (Å²) < 4.78 is 10.1. The van der Waals surface area contributed by atoms with Crippen LogP contribution in [0.3, 0.4) is 0 Å². The fourth-order valence-corrected chi connectivity index (χ4v) is 2.35. The average Bonchev–Trinajstić information content (AvgIpc) is 2.52. The minimum atomic E-state index is -0.794. The normalized spacial score (nSPS) is 10.9. The molecule has 2 heterocycles. The van der Waals surface area contributed by atoms with Gasteiger partial charge in [-0.25, -0.2) is 9.97 Å². The number of rotatable bonds is 6. The summed E-state index contributed by atoms with van der Waals surface area (Å²) in [5, 5.41) is 0.467. The molecule has 0 aliphatic rings. The Hall–Kier alpha value is -1.31. The van der Waals surface area contributed by atoms with E-state index in [9.17, 15) is 4.79 Å². The average molecular weight is 429 g/mol. The molecular weight excluding hydrogens is 412 g/mol. The highest BCUT2D eigenvalue weighted by Crippen LogP contribution is 2.15. The maximum absolute atomic E-state index is 11.9. The van der Waals surface area contributed by atoms with Crippen molar-refractivity contribution in [1.82, 2.24) is 9.97 Å². The fourth-order valence-electron chi connectivity index (χ4n) is 1.85. The number of hydrogen-bond donors (Lipinski definition) is 1. The zero-order chi connectivity index (χ0) is 16.8. The lowest BCUT2D eigenvalue weighted by Crippen LogP contribution is -2.34. The van der Waals surface area contributed by atoms with Crippen LogP contribution in [0.15, 0.2) is 30.5 Å². The third kappa shape index (κ3) is 7.63. The Balaban J connectivity index is 0.00000288. The van der Waals surface area contributed by atoms with E-state index in [1.807, 2.05) is 0 Å². The summed E-state index contributed by atoms with van der Waals surface area (Å²) in [5.41, 5.74) is 7.30. The maximum Gasteiger partial charge on any atom is 0.323 e. The van der Waals surface area contributed by atoms with Crippen molar-refractivity contribution in [3.63, 3.8) is 0 Å². The molecule has 0 aromatic carbocycles. The molecule has 0 saturated heterocycles. The van der Waals surface area contributed by atoms with Crippen molar-refractivity contribution >= 4 is 54.0 Å². The number of halogens is 4. The Morgan fingerprint density at radius 3 is 2.36 bits per heavy atom. The van der Waals surface area contributed by atoms with E-state index in [0.717, 1.165) is 5.56 Å². The molecule has 0 radical (unpaired) electrons. The molecule has 0 saturated carbocycles. The molecule has 10 heteroatoms. The predicted octanol–water partition coefficient (Wildman–Crippen LogP) is 3.25. The molecular formula is C15H17Cl4N3O3. The third-order valence-corrected chi connectivity index (χ3v) is 3.36. The van der Waals surface area contributed by atoms with Gasteiger partial charge in [0.15, 0.2) is 0 Å². The molecule has 0 fully saturated rings. The zero-order valence-electron chi connectivity index (χ0n) is 13.1. The lowest BCUT2D eigenvalue weighted by Gasteiger charge is -2.12. The van der Waals surface area contributed by atoms with Crippen molar-refractivity contribution < 1.29 is 14.3 Å². The van der Waals surface area contributed by atoms with Crippen LogP contribution in [0.4, 0.5) is 0 Å². The molecule has 0 aliphatic heterocycles. The number of ether oxygens (including phenoxy) is 2. The first-order valence-electron chi connectivity index (χ1n) is 6.71. The van der Waals surface area contributed by atoms with Crippen molar-refractivity contribution in [3.8, 4) is 5.88 Å². The van der Waals surface area contributed by atoms with Crippen molar-refractivity contribution in [2.75, 3.05) is 7.11 Å². The number of carbonyl (C=O) groups is 1. The number of methoxy groups -OCH3 is 1. The Morgan fingerprint density at radius 1 is 1.20 bits per heavy atom. The minimum absolute atomic E-state index is 0. The number of pyridine rings is 2. The predicted molar refractivity (Wildman–Crippen MR) is 101 cm³/mol. The van der Waals surface area contributed by atoms with Gasteiger partial charge < -0.3 is 15.2 Å². The van der Waals surface area contributed by atoms with Crippen LogP contribution in [0.5, 0.6) is 5.88 Å². The van der Waals surface area contributed by atoms with Crippen LogP contribution in [0.1, 0.15) is 11.1 Å². The summed E-state index contributed by atoms with van der Waals surface area (Å²) in [6, 6.07) is 5.84. The summed E-state index contributed by atoms with van der Waals surface area (Å²) in [5.74, 6) is -0.0267. The first kappa shape index (κ1) is 23.7. The fraction of sp³-hybridized carbons (Fsp3) is 0.267. The minimum Gasteiger partial charge on any atom is -0.481 e. The van der Waals surface area contributed by atoms with Crippen LogP contribution in [0, 0.1) is 0 Å². The van der Waals surface area contributed by atoms with Crippen molar-refractivity contribution in [1.29, 1.82) is 0 Å². The first-order valence-corrected chi connectivity index (χ1v) is 7.46. The number of carbonyl (C=O) groups excluding carboxylic acids is 1. The second kappa shape index (κ2) is 11.3. The molecule has 2 rings (SSSR count). The molecule has 25 heavy (non-hydrogen) atoms. The van der Waals surface area contributed by atoms with Gasteiger partial charge in [0.1, 0.15) is 23.0 Å². The van der Waals surface area contributed by atoms with Gasteiger partial charge in [0, 0.05) is 12.3 Å². The molecule has 2 aromatic heterocycles. The van der Waals surface area contributed by atoms with Crippen LogP contribution in [0.25, 0.3) is 0 Å². The lowest BCUT2D eigenvalue weighted by molar-refractivity contribution is -0.146. The summed E-state index contributed by atoms with van der Waals surface area (Å²) in [6.45, 7) is 0.0232. The summed E-state index contributed by atoms with van der Waals surface area (Å²) >= 11 is 11.6. The first-order chi connectivity index (χ1) is 11.0. The van der Waals surface area contributed by atoms with Crippen molar-refractivity contribution in [2.24, 2.45) is 5.73 Å². The maximum atomic E-state index is 11.9. The number of nitrogens with zero attached hydrogens (tertiary/aromatic N) is 2. The molecule has 0 spiro atoms. The number of esters is 1. The van der Waals surface area contributed by atoms with Gasteiger partial charge in [-0.2, -0.15) is 0 Å². The van der Waals surface area contributed by atoms with Crippen molar-refractivity contribution in [2.45, 2.75) is 19.1 Å². The van der Waals surface area contributed by atoms with Crippen LogP contribution < -0.4 is 10.5 Å². The lowest BCUT2D eigenvalue weighted by atomic mass is 10.1. The Kier molecular flexibility index (Phi) is 10.7. The van der Waals surface area contributed by atoms with E-state index in [1.54, 1.807) is 30.5 Å². The number of nitrogens with two attached hydrogens (primary N) is 1. The summed E-state index contributed by atoms with van der Waals surface area (Å²) in [4.78, 5) is 19.8. The molecule has 0 bridgehead atoms. The molecule has 0 aliphatic carbocycles. The molecule has 138 valence electrons. The largest absolute Gasteiger partial charge is 0.481 e. The highest BCUT2D eigenvalue weighted by atomic mass is 35.5. The second-order valence-corrected chi connectivity index (χ2v) is 5.52.